The van der Waals surface area contributed by atoms with E-state index in [4.69, 9.17) is 15.2 Å². The Kier molecular flexibility index (Phi) is 4.66. The predicted molar refractivity (Wildman–Crippen MR) is 93.2 cm³/mol. The number of nitrogens with two attached hydrogens (primary N) is 1. The summed E-state index contributed by atoms with van der Waals surface area (Å²) in [6.07, 6.45) is 0. The second-order valence-corrected chi connectivity index (χ2v) is 7.35. The van der Waals surface area contributed by atoms with Crippen LogP contribution in [0.25, 0.3) is 0 Å². The van der Waals surface area contributed by atoms with Gasteiger partial charge in [0.1, 0.15) is 13.2 Å². The molecule has 3 rings (SSSR count). The van der Waals surface area contributed by atoms with Crippen LogP contribution < -0.4 is 15.2 Å². The third kappa shape index (κ3) is 3.49. The highest BCUT2D eigenvalue weighted by molar-refractivity contribution is 9.10. The maximum absolute atomic E-state index is 6.00. The molecule has 2 aromatic carbocycles. The number of halogens is 2. The second kappa shape index (κ2) is 6.50. The lowest BCUT2D eigenvalue weighted by Gasteiger charge is -2.20. The van der Waals surface area contributed by atoms with Crippen molar-refractivity contribution >= 4 is 49.3 Å². The maximum Gasteiger partial charge on any atom is 0.162 e. The van der Waals surface area contributed by atoms with Crippen LogP contribution in [0.3, 0.4) is 0 Å². The number of hydrogen-bond donors (Lipinski definition) is 1. The molecule has 0 saturated carbocycles. The lowest BCUT2D eigenvalue weighted by molar-refractivity contribution is 0.171. The van der Waals surface area contributed by atoms with Crippen LogP contribution in [0.4, 0.5) is 5.69 Å². The van der Waals surface area contributed by atoms with Crippen molar-refractivity contribution in [1.29, 1.82) is 0 Å². The summed E-state index contributed by atoms with van der Waals surface area (Å²) >= 11 is 8.76. The maximum atomic E-state index is 6.00. The molecule has 0 unspecified atom stereocenters. The van der Waals surface area contributed by atoms with Gasteiger partial charge in [0.15, 0.2) is 11.5 Å². The van der Waals surface area contributed by atoms with Gasteiger partial charge in [-0.2, -0.15) is 0 Å². The van der Waals surface area contributed by atoms with Crippen molar-refractivity contribution in [3.63, 3.8) is 0 Å². The Hall–Kier alpha value is -0.850. The average molecular weight is 431 g/mol. The smallest absolute Gasteiger partial charge is 0.162 e. The van der Waals surface area contributed by atoms with Gasteiger partial charge in [0.25, 0.3) is 0 Å². The molecule has 0 atom stereocenters. The van der Waals surface area contributed by atoms with Crippen molar-refractivity contribution in [2.75, 3.05) is 18.9 Å². The molecule has 0 amide bonds. The molecule has 0 fully saturated rings. The average Bonchev–Trinajstić information content (AvgIpc) is 2.48. The van der Waals surface area contributed by atoms with Crippen LogP contribution in [-0.2, 0) is 5.75 Å². The van der Waals surface area contributed by atoms with Crippen LogP contribution in [0.5, 0.6) is 11.5 Å². The summed E-state index contributed by atoms with van der Waals surface area (Å²) in [5.74, 6) is 2.41. The molecule has 0 spiro atoms. The Morgan fingerprint density at radius 3 is 2.52 bits per heavy atom. The van der Waals surface area contributed by atoms with Gasteiger partial charge < -0.3 is 15.2 Å². The van der Waals surface area contributed by atoms with Crippen LogP contribution in [-0.4, -0.2) is 13.2 Å². The zero-order valence-corrected chi connectivity index (χ0v) is 15.1. The van der Waals surface area contributed by atoms with Crippen molar-refractivity contribution in [3.8, 4) is 11.5 Å². The van der Waals surface area contributed by atoms with Crippen molar-refractivity contribution < 1.29 is 9.47 Å². The highest BCUT2D eigenvalue weighted by atomic mass is 79.9. The lowest BCUT2D eigenvalue weighted by atomic mass is 10.2. The molecule has 2 aromatic rings. The van der Waals surface area contributed by atoms with Crippen molar-refractivity contribution in [1.82, 2.24) is 0 Å². The van der Waals surface area contributed by atoms with E-state index in [-0.39, 0.29) is 0 Å². The SMILES string of the molecule is Nc1ccc(Br)cc1SCc1cc2c(cc1Br)OCCO2. The van der Waals surface area contributed by atoms with Crippen LogP contribution in [0.2, 0.25) is 0 Å². The molecule has 0 aliphatic carbocycles. The highest BCUT2D eigenvalue weighted by Crippen LogP contribution is 2.38. The quantitative estimate of drug-likeness (QED) is 0.557. The Balaban J connectivity index is 1.80. The number of benzene rings is 2. The third-order valence-electron chi connectivity index (χ3n) is 3.07. The van der Waals surface area contributed by atoms with E-state index < -0.39 is 0 Å². The minimum atomic E-state index is 0.597. The summed E-state index contributed by atoms with van der Waals surface area (Å²) in [6, 6.07) is 9.88. The van der Waals surface area contributed by atoms with Gasteiger partial charge >= 0.3 is 0 Å². The molecule has 1 aliphatic heterocycles. The van der Waals surface area contributed by atoms with Gasteiger partial charge in [-0.3, -0.25) is 0 Å². The Bertz CT molecular complexity index is 679. The topological polar surface area (TPSA) is 44.5 Å². The van der Waals surface area contributed by atoms with E-state index in [1.807, 2.05) is 30.3 Å². The highest BCUT2D eigenvalue weighted by Gasteiger charge is 2.15. The number of anilines is 1. The fourth-order valence-corrected chi connectivity index (χ4v) is 4.16. The molecule has 0 bridgehead atoms. The summed E-state index contributed by atoms with van der Waals surface area (Å²) < 4.78 is 13.2. The predicted octanol–water partition coefficient (Wildman–Crippen LogP) is 4.86. The fraction of sp³-hybridized carbons (Fsp3) is 0.200. The number of hydrogen-bond acceptors (Lipinski definition) is 4. The van der Waals surface area contributed by atoms with E-state index in [1.165, 1.54) is 0 Å². The van der Waals surface area contributed by atoms with E-state index in [1.54, 1.807) is 11.8 Å². The first kappa shape index (κ1) is 15.1. The number of fused-ring (bicyclic) bond motifs is 1. The summed E-state index contributed by atoms with van der Waals surface area (Å²) in [6.45, 7) is 1.20. The van der Waals surface area contributed by atoms with Gasteiger partial charge in [-0.25, -0.2) is 0 Å². The van der Waals surface area contributed by atoms with Gasteiger partial charge in [0, 0.05) is 25.3 Å². The molecule has 0 aromatic heterocycles. The van der Waals surface area contributed by atoms with E-state index in [0.717, 1.165) is 42.3 Å². The first-order valence-electron chi connectivity index (χ1n) is 6.39. The minimum absolute atomic E-state index is 0.597. The van der Waals surface area contributed by atoms with Crippen LogP contribution in [0, 0.1) is 0 Å². The van der Waals surface area contributed by atoms with E-state index in [0.29, 0.717) is 13.2 Å². The molecule has 110 valence electrons. The van der Waals surface area contributed by atoms with Gasteiger partial charge in [0.2, 0.25) is 0 Å². The third-order valence-corrected chi connectivity index (χ3v) is 5.42. The monoisotopic (exact) mass is 429 g/mol. The molecule has 2 N–H and O–H groups in total. The molecule has 1 aliphatic rings. The molecular formula is C15H13Br2NO2S. The van der Waals surface area contributed by atoms with Gasteiger partial charge in [0.05, 0.1) is 0 Å². The normalized spacial score (nSPS) is 13.2. The molecular weight excluding hydrogens is 418 g/mol. The standard InChI is InChI=1S/C15H13Br2NO2S/c16-10-1-2-12(18)15(6-10)21-8-9-5-13-14(7-11(9)17)20-4-3-19-13/h1-2,5-7H,3-4,8,18H2. The van der Waals surface area contributed by atoms with Gasteiger partial charge in [-0.15, -0.1) is 11.8 Å². The molecule has 6 heteroatoms. The van der Waals surface area contributed by atoms with Crippen molar-refractivity contribution in [2.24, 2.45) is 0 Å². The number of thioether (sulfide) groups is 1. The molecule has 0 radical (unpaired) electrons. The van der Waals surface area contributed by atoms with Crippen LogP contribution in [0.15, 0.2) is 44.2 Å². The Morgan fingerprint density at radius 1 is 1.05 bits per heavy atom. The van der Waals surface area contributed by atoms with E-state index in [2.05, 4.69) is 31.9 Å². The van der Waals surface area contributed by atoms with E-state index in [9.17, 15) is 0 Å². The molecule has 3 nitrogen and oxygen atoms in total. The summed E-state index contributed by atoms with van der Waals surface area (Å²) in [5.41, 5.74) is 7.95. The largest absolute Gasteiger partial charge is 0.486 e. The van der Waals surface area contributed by atoms with Crippen LogP contribution in [0.1, 0.15) is 5.56 Å². The van der Waals surface area contributed by atoms with Crippen LogP contribution >= 0.6 is 43.6 Å². The number of ether oxygens (including phenoxy) is 2. The lowest BCUT2D eigenvalue weighted by Crippen LogP contribution is -2.15. The minimum Gasteiger partial charge on any atom is -0.486 e. The summed E-state index contributed by atoms with van der Waals surface area (Å²) in [5, 5.41) is 0. The van der Waals surface area contributed by atoms with E-state index >= 15 is 0 Å². The Morgan fingerprint density at radius 2 is 1.76 bits per heavy atom. The molecule has 0 saturated heterocycles. The van der Waals surface area contributed by atoms with Gasteiger partial charge in [-0.1, -0.05) is 31.9 Å². The molecule has 21 heavy (non-hydrogen) atoms. The summed E-state index contributed by atoms with van der Waals surface area (Å²) in [7, 11) is 0. The number of nitrogen functional groups attached to an aromatic ring is 1. The first-order chi connectivity index (χ1) is 10.1. The zero-order valence-electron chi connectivity index (χ0n) is 11.1. The Labute approximate surface area is 144 Å². The van der Waals surface area contributed by atoms with Gasteiger partial charge in [-0.05, 0) is 35.9 Å². The zero-order chi connectivity index (χ0) is 14.8. The summed E-state index contributed by atoms with van der Waals surface area (Å²) in [4.78, 5) is 1.06. The fourth-order valence-electron chi connectivity index (χ4n) is 2.01. The molecule has 1 heterocycles. The number of rotatable bonds is 3. The second-order valence-electron chi connectivity index (χ2n) is 4.56. The first-order valence-corrected chi connectivity index (χ1v) is 8.96. The van der Waals surface area contributed by atoms with Crippen molar-refractivity contribution in [2.45, 2.75) is 10.6 Å². The van der Waals surface area contributed by atoms with Crippen molar-refractivity contribution in [3.05, 3.63) is 44.8 Å².